The molecule has 1 aliphatic rings. The number of carbonyl (C=O) groups is 1. The Hall–Kier alpha value is -2.63. The van der Waals surface area contributed by atoms with E-state index in [4.69, 9.17) is 0 Å². The maximum absolute atomic E-state index is 13.1. The molecule has 0 bridgehead atoms. The summed E-state index contributed by atoms with van der Waals surface area (Å²) in [5.41, 5.74) is 3.37. The second-order valence-corrected chi connectivity index (χ2v) is 7.30. The normalized spacial score (nSPS) is 13.3. The maximum Gasteiger partial charge on any atom is 0.330 e. The molecule has 0 spiro atoms. The molecule has 1 N–H and O–H groups in total. The van der Waals surface area contributed by atoms with Crippen LogP contribution in [0.4, 0.5) is 0 Å². The van der Waals surface area contributed by atoms with Crippen molar-refractivity contribution in [3.63, 3.8) is 0 Å². The Morgan fingerprint density at radius 3 is 2.71 bits per heavy atom. The molecule has 1 amide bonds. The lowest BCUT2D eigenvalue weighted by Crippen LogP contribution is -2.33. The number of amides is 1. The van der Waals surface area contributed by atoms with Crippen LogP contribution in [-0.4, -0.2) is 26.6 Å². The molecule has 3 rings (SSSR count). The van der Waals surface area contributed by atoms with Gasteiger partial charge in [0.25, 0.3) is 0 Å². The number of nitrogens with zero attached hydrogens (tertiary/aromatic N) is 3. The molecule has 2 heterocycles. The van der Waals surface area contributed by atoms with Crippen LogP contribution < -0.4 is 11.0 Å². The maximum atomic E-state index is 13.1. The van der Waals surface area contributed by atoms with Crippen molar-refractivity contribution in [2.24, 2.45) is 0 Å². The highest BCUT2D eigenvalue weighted by molar-refractivity contribution is 5.83. The van der Waals surface area contributed by atoms with Gasteiger partial charge in [0, 0.05) is 24.8 Å². The van der Waals surface area contributed by atoms with Gasteiger partial charge in [-0.25, -0.2) is 9.78 Å². The average Bonchev–Trinajstić information content (AvgIpc) is 3.31. The van der Waals surface area contributed by atoms with Crippen molar-refractivity contribution in [1.82, 2.24) is 19.4 Å². The van der Waals surface area contributed by atoms with Crippen molar-refractivity contribution in [2.75, 3.05) is 6.54 Å². The standard InChI is InChI=1S/C22H30N4O2/c1-3-5-9-13-25-19-14-18(17-10-7-8-11-17)15-24-21(19)26(22(25)28)16-20(27)23-12-6-4-2/h7,10-11,14-15H,3-6,8-9,12-13,16H2,1-2H3,(H,23,27). The first-order chi connectivity index (χ1) is 13.7. The van der Waals surface area contributed by atoms with Crippen molar-refractivity contribution in [3.8, 4) is 0 Å². The van der Waals surface area contributed by atoms with E-state index in [1.807, 2.05) is 6.07 Å². The van der Waals surface area contributed by atoms with Crippen LogP contribution in [0, 0.1) is 0 Å². The molecule has 0 atom stereocenters. The van der Waals surface area contributed by atoms with E-state index in [1.165, 1.54) is 4.57 Å². The molecule has 2 aromatic heterocycles. The fraction of sp³-hybridized carbons (Fsp3) is 0.500. The fourth-order valence-electron chi connectivity index (χ4n) is 3.50. The third-order valence-electron chi connectivity index (χ3n) is 5.10. The average molecular weight is 383 g/mol. The summed E-state index contributed by atoms with van der Waals surface area (Å²) in [7, 11) is 0. The first-order valence-electron chi connectivity index (χ1n) is 10.4. The van der Waals surface area contributed by atoms with E-state index in [0.717, 1.165) is 55.2 Å². The van der Waals surface area contributed by atoms with E-state index < -0.39 is 0 Å². The third kappa shape index (κ3) is 4.43. The smallest absolute Gasteiger partial charge is 0.330 e. The summed E-state index contributed by atoms with van der Waals surface area (Å²) in [5, 5.41) is 2.89. The Morgan fingerprint density at radius 1 is 1.18 bits per heavy atom. The SMILES string of the molecule is CCCCCn1c(=O)n(CC(=O)NCCCC)c2ncc(C3=CCC=C3)cc21. The number of hydrogen-bond acceptors (Lipinski definition) is 3. The summed E-state index contributed by atoms with van der Waals surface area (Å²) in [6.45, 7) is 5.52. The van der Waals surface area contributed by atoms with Gasteiger partial charge in [0.15, 0.2) is 5.65 Å². The van der Waals surface area contributed by atoms with E-state index in [0.29, 0.717) is 18.7 Å². The zero-order valence-corrected chi connectivity index (χ0v) is 16.9. The lowest BCUT2D eigenvalue weighted by atomic mass is 10.1. The largest absolute Gasteiger partial charge is 0.355 e. The number of allylic oxidation sites excluding steroid dienone is 4. The highest BCUT2D eigenvalue weighted by atomic mass is 16.2. The molecule has 6 nitrogen and oxygen atoms in total. The summed E-state index contributed by atoms with van der Waals surface area (Å²) in [6, 6.07) is 2.03. The number of hydrogen-bond donors (Lipinski definition) is 1. The van der Waals surface area contributed by atoms with Crippen LogP contribution in [0.2, 0.25) is 0 Å². The summed E-state index contributed by atoms with van der Waals surface area (Å²) in [4.78, 5) is 29.9. The first kappa shape index (κ1) is 20.1. The summed E-state index contributed by atoms with van der Waals surface area (Å²) < 4.78 is 3.28. The van der Waals surface area contributed by atoms with Gasteiger partial charge >= 0.3 is 5.69 Å². The Bertz CT molecular complexity index is 949. The van der Waals surface area contributed by atoms with Gasteiger partial charge < -0.3 is 5.32 Å². The number of unbranched alkanes of at least 4 members (excludes halogenated alkanes) is 3. The Morgan fingerprint density at radius 2 is 2.00 bits per heavy atom. The molecule has 6 heteroatoms. The molecule has 0 aliphatic heterocycles. The minimum absolute atomic E-state index is 0.00870. The molecule has 2 aromatic rings. The van der Waals surface area contributed by atoms with E-state index >= 15 is 0 Å². The fourth-order valence-corrected chi connectivity index (χ4v) is 3.50. The number of aryl methyl sites for hydroxylation is 1. The van der Waals surface area contributed by atoms with Gasteiger partial charge in [-0.05, 0) is 30.9 Å². The van der Waals surface area contributed by atoms with E-state index in [1.54, 1.807) is 10.8 Å². The van der Waals surface area contributed by atoms with Crippen LogP contribution in [0.15, 0.2) is 35.3 Å². The van der Waals surface area contributed by atoms with Crippen LogP contribution in [0.3, 0.4) is 0 Å². The topological polar surface area (TPSA) is 68.9 Å². The van der Waals surface area contributed by atoms with E-state index in [2.05, 4.69) is 42.4 Å². The van der Waals surface area contributed by atoms with Crippen LogP contribution >= 0.6 is 0 Å². The molecule has 150 valence electrons. The number of carbonyl (C=O) groups excluding carboxylic acids is 1. The number of fused-ring (bicyclic) bond motifs is 1. The Labute approximate surface area is 166 Å². The lowest BCUT2D eigenvalue weighted by molar-refractivity contribution is -0.121. The van der Waals surface area contributed by atoms with E-state index in [9.17, 15) is 9.59 Å². The monoisotopic (exact) mass is 382 g/mol. The second-order valence-electron chi connectivity index (χ2n) is 7.30. The van der Waals surface area contributed by atoms with Crippen molar-refractivity contribution in [3.05, 3.63) is 46.5 Å². The molecule has 28 heavy (non-hydrogen) atoms. The quantitative estimate of drug-likeness (QED) is 0.638. The minimum Gasteiger partial charge on any atom is -0.355 e. The van der Waals surface area contributed by atoms with Crippen LogP contribution in [-0.2, 0) is 17.9 Å². The zero-order valence-electron chi connectivity index (χ0n) is 16.9. The molecule has 0 saturated carbocycles. The Balaban J connectivity index is 1.95. The zero-order chi connectivity index (χ0) is 19.9. The second kappa shape index (κ2) is 9.53. The van der Waals surface area contributed by atoms with Gasteiger partial charge in [0.05, 0.1) is 5.52 Å². The highest BCUT2D eigenvalue weighted by Gasteiger charge is 2.18. The molecule has 0 aromatic carbocycles. The van der Waals surface area contributed by atoms with Gasteiger partial charge in [-0.15, -0.1) is 0 Å². The summed E-state index contributed by atoms with van der Waals surface area (Å²) in [5.74, 6) is -0.143. The molecule has 1 aliphatic carbocycles. The van der Waals surface area contributed by atoms with E-state index in [-0.39, 0.29) is 18.1 Å². The van der Waals surface area contributed by atoms with Gasteiger partial charge in [0.1, 0.15) is 6.54 Å². The number of nitrogens with one attached hydrogen (secondary N) is 1. The lowest BCUT2D eigenvalue weighted by Gasteiger charge is -2.05. The molecule has 0 fully saturated rings. The third-order valence-corrected chi connectivity index (χ3v) is 5.10. The van der Waals surface area contributed by atoms with Crippen molar-refractivity contribution in [2.45, 2.75) is 65.5 Å². The van der Waals surface area contributed by atoms with Gasteiger partial charge in [-0.3, -0.25) is 13.9 Å². The molecule has 0 radical (unpaired) electrons. The van der Waals surface area contributed by atoms with Gasteiger partial charge in [0.2, 0.25) is 5.91 Å². The summed E-state index contributed by atoms with van der Waals surface area (Å²) >= 11 is 0. The highest BCUT2D eigenvalue weighted by Crippen LogP contribution is 2.24. The van der Waals surface area contributed by atoms with Crippen LogP contribution in [0.1, 0.15) is 57.9 Å². The Kier molecular flexibility index (Phi) is 6.85. The van der Waals surface area contributed by atoms with Gasteiger partial charge in [-0.2, -0.15) is 0 Å². The van der Waals surface area contributed by atoms with Crippen molar-refractivity contribution in [1.29, 1.82) is 0 Å². The number of imidazole rings is 1. The predicted octanol–water partition coefficient (Wildman–Crippen LogP) is 3.65. The van der Waals surface area contributed by atoms with Crippen molar-refractivity contribution >= 4 is 22.6 Å². The number of rotatable bonds is 10. The number of aromatic nitrogens is 3. The molecule has 0 saturated heterocycles. The number of pyridine rings is 1. The van der Waals surface area contributed by atoms with Gasteiger partial charge in [-0.1, -0.05) is 51.3 Å². The molecule has 0 unspecified atom stereocenters. The van der Waals surface area contributed by atoms with Crippen LogP contribution in [0.5, 0.6) is 0 Å². The minimum atomic E-state index is -0.155. The predicted molar refractivity (Wildman–Crippen MR) is 113 cm³/mol. The molecular formula is C22H30N4O2. The first-order valence-corrected chi connectivity index (χ1v) is 10.4. The van der Waals surface area contributed by atoms with Crippen molar-refractivity contribution < 1.29 is 4.79 Å². The summed E-state index contributed by atoms with van der Waals surface area (Å²) in [6.07, 6.45) is 14.1. The van der Waals surface area contributed by atoms with Crippen LogP contribution in [0.25, 0.3) is 16.7 Å². The molecular weight excluding hydrogens is 352 g/mol.